The van der Waals surface area contributed by atoms with Crippen LogP contribution < -0.4 is 9.62 Å². The lowest BCUT2D eigenvalue weighted by atomic mass is 10.2. The van der Waals surface area contributed by atoms with Crippen LogP contribution in [0.2, 0.25) is 0 Å². The SMILES string of the molecule is O=C(O)CCCS(=O)(=O)Nc1cccc(N2CCCC2)c1. The summed E-state index contributed by atoms with van der Waals surface area (Å²) in [5.41, 5.74) is 1.54. The fourth-order valence-electron chi connectivity index (χ4n) is 2.39. The molecule has 0 spiro atoms. The van der Waals surface area contributed by atoms with E-state index < -0.39 is 16.0 Å². The minimum absolute atomic E-state index is 0.108. The van der Waals surface area contributed by atoms with Gasteiger partial charge < -0.3 is 10.0 Å². The first-order valence-electron chi connectivity index (χ1n) is 7.03. The Kier molecular flexibility index (Phi) is 5.06. The van der Waals surface area contributed by atoms with Crippen LogP contribution in [-0.2, 0) is 14.8 Å². The lowest BCUT2D eigenvalue weighted by Crippen LogP contribution is -2.19. The van der Waals surface area contributed by atoms with Crippen LogP contribution in [0.15, 0.2) is 24.3 Å². The predicted octanol–water partition coefficient (Wildman–Crippen LogP) is 1.89. The van der Waals surface area contributed by atoms with E-state index in [2.05, 4.69) is 9.62 Å². The van der Waals surface area contributed by atoms with Crippen molar-refractivity contribution in [2.75, 3.05) is 28.5 Å². The minimum atomic E-state index is -3.50. The fraction of sp³-hybridized carbons (Fsp3) is 0.500. The van der Waals surface area contributed by atoms with E-state index in [0.717, 1.165) is 31.6 Å². The van der Waals surface area contributed by atoms with Gasteiger partial charge in [-0.05, 0) is 37.5 Å². The summed E-state index contributed by atoms with van der Waals surface area (Å²) in [5.74, 6) is -1.17. The van der Waals surface area contributed by atoms with Crippen molar-refractivity contribution in [1.29, 1.82) is 0 Å². The van der Waals surface area contributed by atoms with Gasteiger partial charge in [-0.3, -0.25) is 9.52 Å². The number of sulfonamides is 1. The Morgan fingerprint density at radius 1 is 1.29 bits per heavy atom. The van der Waals surface area contributed by atoms with Gasteiger partial charge in [-0.1, -0.05) is 6.07 Å². The topological polar surface area (TPSA) is 86.7 Å². The van der Waals surface area contributed by atoms with E-state index in [-0.39, 0.29) is 18.6 Å². The largest absolute Gasteiger partial charge is 0.481 e. The van der Waals surface area contributed by atoms with Crippen LogP contribution in [-0.4, -0.2) is 38.3 Å². The zero-order valence-corrected chi connectivity index (χ0v) is 12.6. The summed E-state index contributed by atoms with van der Waals surface area (Å²) < 4.78 is 26.3. The highest BCUT2D eigenvalue weighted by atomic mass is 32.2. The molecule has 1 heterocycles. The van der Waals surface area contributed by atoms with Crippen LogP contribution >= 0.6 is 0 Å². The zero-order chi connectivity index (χ0) is 15.3. The highest BCUT2D eigenvalue weighted by molar-refractivity contribution is 7.92. The average molecular weight is 312 g/mol. The molecule has 2 rings (SSSR count). The normalized spacial score (nSPS) is 15.1. The summed E-state index contributed by atoms with van der Waals surface area (Å²) >= 11 is 0. The molecular formula is C14H20N2O4S. The van der Waals surface area contributed by atoms with Gasteiger partial charge in [-0.2, -0.15) is 0 Å². The summed E-state index contributed by atoms with van der Waals surface area (Å²) in [5, 5.41) is 8.54. The van der Waals surface area contributed by atoms with Gasteiger partial charge in [-0.15, -0.1) is 0 Å². The van der Waals surface area contributed by atoms with Crippen molar-refractivity contribution >= 4 is 27.4 Å². The van der Waals surface area contributed by atoms with Crippen LogP contribution in [0.25, 0.3) is 0 Å². The highest BCUT2D eigenvalue weighted by Crippen LogP contribution is 2.23. The first kappa shape index (κ1) is 15.6. The van der Waals surface area contributed by atoms with Crippen LogP contribution in [0, 0.1) is 0 Å². The Bertz CT molecular complexity index is 595. The van der Waals surface area contributed by atoms with Crippen LogP contribution in [0.5, 0.6) is 0 Å². The van der Waals surface area contributed by atoms with E-state index in [1.807, 2.05) is 18.2 Å². The van der Waals surface area contributed by atoms with Crippen LogP contribution in [0.3, 0.4) is 0 Å². The second kappa shape index (κ2) is 6.80. The number of hydrogen-bond acceptors (Lipinski definition) is 4. The van der Waals surface area contributed by atoms with E-state index >= 15 is 0 Å². The molecule has 0 aromatic heterocycles. The maximum atomic E-state index is 11.9. The number of carboxylic acid groups (broad SMARTS) is 1. The second-order valence-electron chi connectivity index (χ2n) is 5.16. The van der Waals surface area contributed by atoms with Gasteiger partial charge in [0.15, 0.2) is 0 Å². The molecule has 0 saturated carbocycles. The number of aliphatic carboxylic acids is 1. The van der Waals surface area contributed by atoms with E-state index in [0.29, 0.717) is 5.69 Å². The molecule has 7 heteroatoms. The molecule has 116 valence electrons. The lowest BCUT2D eigenvalue weighted by Gasteiger charge is -2.18. The molecule has 2 N–H and O–H groups in total. The second-order valence-corrected chi connectivity index (χ2v) is 7.00. The van der Waals surface area contributed by atoms with Gasteiger partial charge in [0.1, 0.15) is 0 Å². The van der Waals surface area contributed by atoms with Gasteiger partial charge >= 0.3 is 5.97 Å². The Balaban J connectivity index is 1.98. The maximum absolute atomic E-state index is 11.9. The molecule has 21 heavy (non-hydrogen) atoms. The zero-order valence-electron chi connectivity index (χ0n) is 11.8. The maximum Gasteiger partial charge on any atom is 0.303 e. The third-order valence-electron chi connectivity index (χ3n) is 3.39. The smallest absolute Gasteiger partial charge is 0.303 e. The number of nitrogens with zero attached hydrogens (tertiary/aromatic N) is 1. The molecule has 1 fully saturated rings. The molecule has 1 aromatic carbocycles. The lowest BCUT2D eigenvalue weighted by molar-refractivity contribution is -0.137. The molecule has 1 aliphatic rings. The molecule has 0 unspecified atom stereocenters. The standard InChI is InChI=1S/C14H20N2O4S/c17-14(18)7-4-10-21(19,20)15-12-5-3-6-13(11-12)16-8-1-2-9-16/h3,5-6,11,15H,1-2,4,7-10H2,(H,17,18). The Labute approximate surface area is 124 Å². The Morgan fingerprint density at radius 2 is 2.00 bits per heavy atom. The van der Waals surface area contributed by atoms with Crippen molar-refractivity contribution in [3.05, 3.63) is 24.3 Å². The van der Waals surface area contributed by atoms with Crippen molar-refractivity contribution in [2.45, 2.75) is 25.7 Å². The highest BCUT2D eigenvalue weighted by Gasteiger charge is 2.15. The number of carbonyl (C=O) groups is 1. The van der Waals surface area contributed by atoms with E-state index in [1.165, 1.54) is 0 Å². The number of anilines is 2. The first-order chi connectivity index (χ1) is 9.96. The van der Waals surface area contributed by atoms with Crippen molar-refractivity contribution in [3.8, 4) is 0 Å². The molecule has 0 radical (unpaired) electrons. The van der Waals surface area contributed by atoms with Crippen molar-refractivity contribution < 1.29 is 18.3 Å². The average Bonchev–Trinajstić information content (AvgIpc) is 2.91. The van der Waals surface area contributed by atoms with Crippen molar-refractivity contribution in [1.82, 2.24) is 0 Å². The van der Waals surface area contributed by atoms with Gasteiger partial charge in [0.25, 0.3) is 0 Å². The fourth-order valence-corrected chi connectivity index (χ4v) is 3.50. The molecular weight excluding hydrogens is 292 g/mol. The van der Waals surface area contributed by atoms with Gasteiger partial charge in [0.05, 0.1) is 11.4 Å². The summed E-state index contributed by atoms with van der Waals surface area (Å²) in [6.45, 7) is 1.99. The van der Waals surface area contributed by atoms with E-state index in [4.69, 9.17) is 5.11 Å². The van der Waals surface area contributed by atoms with Crippen LogP contribution in [0.1, 0.15) is 25.7 Å². The summed E-state index contributed by atoms with van der Waals surface area (Å²) in [4.78, 5) is 12.6. The van der Waals surface area contributed by atoms with Crippen molar-refractivity contribution in [2.24, 2.45) is 0 Å². The molecule has 1 aliphatic heterocycles. The summed E-state index contributed by atoms with van der Waals surface area (Å²) in [6.07, 6.45) is 2.28. The predicted molar refractivity (Wildman–Crippen MR) is 82.2 cm³/mol. The molecule has 0 amide bonds. The number of rotatable bonds is 7. The summed E-state index contributed by atoms with van der Waals surface area (Å²) in [7, 11) is -3.50. The number of carboxylic acids is 1. The Morgan fingerprint density at radius 3 is 2.67 bits per heavy atom. The minimum Gasteiger partial charge on any atom is -0.481 e. The third-order valence-corrected chi connectivity index (χ3v) is 4.77. The number of nitrogens with one attached hydrogen (secondary N) is 1. The summed E-state index contributed by atoms with van der Waals surface area (Å²) in [6, 6.07) is 7.31. The molecule has 0 atom stereocenters. The Hall–Kier alpha value is -1.76. The number of hydrogen-bond donors (Lipinski definition) is 2. The third kappa shape index (κ3) is 4.93. The van der Waals surface area contributed by atoms with E-state index in [9.17, 15) is 13.2 Å². The monoisotopic (exact) mass is 312 g/mol. The molecule has 0 bridgehead atoms. The molecule has 1 aromatic rings. The molecule has 6 nitrogen and oxygen atoms in total. The van der Waals surface area contributed by atoms with Gasteiger partial charge in [0, 0.05) is 25.2 Å². The first-order valence-corrected chi connectivity index (χ1v) is 8.69. The van der Waals surface area contributed by atoms with Crippen molar-refractivity contribution in [3.63, 3.8) is 0 Å². The van der Waals surface area contributed by atoms with Crippen LogP contribution in [0.4, 0.5) is 11.4 Å². The quantitative estimate of drug-likeness (QED) is 0.803. The molecule has 1 saturated heterocycles. The van der Waals surface area contributed by atoms with Gasteiger partial charge in [0.2, 0.25) is 10.0 Å². The molecule has 0 aliphatic carbocycles. The van der Waals surface area contributed by atoms with E-state index in [1.54, 1.807) is 6.07 Å². The number of benzene rings is 1. The van der Waals surface area contributed by atoms with Gasteiger partial charge in [-0.25, -0.2) is 8.42 Å².